The molecule has 0 saturated carbocycles. The molecule has 1 aromatic rings. The Morgan fingerprint density at radius 2 is 2.38 bits per heavy atom. The van der Waals surface area contributed by atoms with Crippen molar-refractivity contribution in [3.63, 3.8) is 0 Å². The number of fused-ring (bicyclic) bond motifs is 1. The van der Waals surface area contributed by atoms with Crippen LogP contribution in [0.15, 0.2) is 18.2 Å². The van der Waals surface area contributed by atoms with E-state index in [1.165, 1.54) is 0 Å². The molecule has 0 bridgehead atoms. The van der Waals surface area contributed by atoms with Crippen LogP contribution in [0, 0.1) is 0 Å². The molecule has 0 saturated heterocycles. The van der Waals surface area contributed by atoms with Gasteiger partial charge in [0.2, 0.25) is 0 Å². The maximum atomic E-state index is 9.12. The molecule has 13 heavy (non-hydrogen) atoms. The van der Waals surface area contributed by atoms with Crippen LogP contribution in [0.4, 0.5) is 0 Å². The molecule has 1 atom stereocenters. The van der Waals surface area contributed by atoms with E-state index in [1.807, 2.05) is 18.2 Å². The molecular formula is C10H13NO2. The van der Waals surface area contributed by atoms with Gasteiger partial charge >= 0.3 is 0 Å². The molecule has 1 aliphatic rings. The van der Waals surface area contributed by atoms with Crippen LogP contribution in [0.5, 0.6) is 0 Å². The highest BCUT2D eigenvalue weighted by atomic mass is 16.5. The molecule has 70 valence electrons. The van der Waals surface area contributed by atoms with Crippen LogP contribution < -0.4 is 5.73 Å². The number of aliphatic hydroxyl groups is 1. The van der Waals surface area contributed by atoms with Crippen molar-refractivity contribution >= 4 is 0 Å². The number of hydrogen-bond acceptors (Lipinski definition) is 3. The van der Waals surface area contributed by atoms with Crippen molar-refractivity contribution in [2.75, 3.05) is 6.61 Å². The van der Waals surface area contributed by atoms with Crippen molar-refractivity contribution in [1.82, 2.24) is 0 Å². The highest BCUT2D eigenvalue weighted by Gasteiger charge is 2.19. The molecule has 3 N–H and O–H groups in total. The number of ether oxygens (including phenoxy) is 1. The quantitative estimate of drug-likeness (QED) is 0.667. The first-order valence-electron chi connectivity index (χ1n) is 4.37. The smallest absolute Gasteiger partial charge is 0.0721 e. The van der Waals surface area contributed by atoms with Crippen LogP contribution in [-0.2, 0) is 18.0 Å². The molecule has 2 rings (SSSR count). The van der Waals surface area contributed by atoms with Gasteiger partial charge in [0.15, 0.2) is 0 Å². The zero-order valence-corrected chi connectivity index (χ0v) is 7.36. The van der Waals surface area contributed by atoms with E-state index in [1.54, 1.807) is 0 Å². The molecule has 0 fully saturated rings. The third-order valence-corrected chi connectivity index (χ3v) is 2.38. The molecule has 0 aliphatic carbocycles. The van der Waals surface area contributed by atoms with Crippen LogP contribution in [0.25, 0.3) is 0 Å². The SMILES string of the molecule is N[C@H]1COCc2cccc(CO)c21. The lowest BCUT2D eigenvalue weighted by molar-refractivity contribution is 0.0913. The van der Waals surface area contributed by atoms with Gasteiger partial charge in [-0.3, -0.25) is 0 Å². The number of nitrogens with two attached hydrogens (primary N) is 1. The minimum Gasteiger partial charge on any atom is -0.392 e. The average Bonchev–Trinajstić information content (AvgIpc) is 2.17. The minimum atomic E-state index is -0.0906. The van der Waals surface area contributed by atoms with E-state index in [9.17, 15) is 0 Å². The summed E-state index contributed by atoms with van der Waals surface area (Å²) < 4.78 is 5.30. The Labute approximate surface area is 77.1 Å². The van der Waals surface area contributed by atoms with E-state index in [4.69, 9.17) is 15.6 Å². The second-order valence-electron chi connectivity index (χ2n) is 3.27. The lowest BCUT2D eigenvalue weighted by atomic mass is 9.94. The van der Waals surface area contributed by atoms with Crippen molar-refractivity contribution in [2.24, 2.45) is 5.73 Å². The fraction of sp³-hybridized carbons (Fsp3) is 0.400. The Bertz CT molecular complexity index is 298. The van der Waals surface area contributed by atoms with E-state index in [2.05, 4.69) is 0 Å². The molecule has 3 nitrogen and oxygen atoms in total. The van der Waals surface area contributed by atoms with Gasteiger partial charge in [0.1, 0.15) is 0 Å². The molecule has 1 aliphatic heterocycles. The molecule has 0 amide bonds. The maximum absolute atomic E-state index is 9.12. The van der Waals surface area contributed by atoms with Crippen molar-refractivity contribution in [1.29, 1.82) is 0 Å². The van der Waals surface area contributed by atoms with Crippen molar-refractivity contribution in [2.45, 2.75) is 19.3 Å². The monoisotopic (exact) mass is 179 g/mol. The van der Waals surface area contributed by atoms with Crippen LogP contribution in [0.1, 0.15) is 22.7 Å². The molecule has 1 heterocycles. The Morgan fingerprint density at radius 3 is 3.15 bits per heavy atom. The summed E-state index contributed by atoms with van der Waals surface area (Å²) in [5, 5.41) is 9.12. The molecule has 1 aromatic carbocycles. The first kappa shape index (κ1) is 8.69. The van der Waals surface area contributed by atoms with Gasteiger partial charge in [-0.05, 0) is 16.7 Å². The molecule has 3 heteroatoms. The predicted octanol–water partition coefficient (Wildman–Crippen LogP) is 0.709. The first-order chi connectivity index (χ1) is 6.33. The summed E-state index contributed by atoms with van der Waals surface area (Å²) in [4.78, 5) is 0. The molecule has 0 aromatic heterocycles. The Kier molecular flexibility index (Phi) is 2.31. The van der Waals surface area contributed by atoms with E-state index in [-0.39, 0.29) is 12.6 Å². The summed E-state index contributed by atoms with van der Waals surface area (Å²) in [5.74, 6) is 0. The summed E-state index contributed by atoms with van der Waals surface area (Å²) in [6, 6.07) is 5.73. The van der Waals surface area contributed by atoms with Gasteiger partial charge in [0.05, 0.1) is 25.9 Å². The fourth-order valence-electron chi connectivity index (χ4n) is 1.79. The van der Waals surface area contributed by atoms with Gasteiger partial charge in [-0.2, -0.15) is 0 Å². The molecule has 0 radical (unpaired) electrons. The van der Waals surface area contributed by atoms with E-state index in [0.717, 1.165) is 16.7 Å². The van der Waals surface area contributed by atoms with Crippen LogP contribution in [-0.4, -0.2) is 11.7 Å². The lowest BCUT2D eigenvalue weighted by Gasteiger charge is -2.24. The van der Waals surface area contributed by atoms with Gasteiger partial charge in [-0.15, -0.1) is 0 Å². The molecular weight excluding hydrogens is 166 g/mol. The maximum Gasteiger partial charge on any atom is 0.0721 e. The molecule has 0 unspecified atom stereocenters. The van der Waals surface area contributed by atoms with Crippen molar-refractivity contribution in [3.05, 3.63) is 34.9 Å². The number of aliphatic hydroxyl groups excluding tert-OH is 1. The lowest BCUT2D eigenvalue weighted by Crippen LogP contribution is -2.25. The summed E-state index contributed by atoms with van der Waals surface area (Å²) in [6.45, 7) is 1.21. The van der Waals surface area contributed by atoms with Gasteiger partial charge in [0.25, 0.3) is 0 Å². The summed E-state index contributed by atoms with van der Waals surface area (Å²) in [7, 11) is 0. The number of hydrogen-bond donors (Lipinski definition) is 2. The topological polar surface area (TPSA) is 55.5 Å². The second-order valence-corrected chi connectivity index (χ2v) is 3.27. The zero-order chi connectivity index (χ0) is 9.26. The average molecular weight is 179 g/mol. The third-order valence-electron chi connectivity index (χ3n) is 2.38. The van der Waals surface area contributed by atoms with Gasteiger partial charge in [-0.25, -0.2) is 0 Å². The summed E-state index contributed by atoms with van der Waals surface area (Å²) >= 11 is 0. The van der Waals surface area contributed by atoms with Crippen molar-refractivity contribution in [3.8, 4) is 0 Å². The summed E-state index contributed by atoms with van der Waals surface area (Å²) in [6.07, 6.45) is 0. The minimum absolute atomic E-state index is 0.0525. The standard InChI is InChI=1S/C10H13NO2/c11-9-6-13-5-8-3-1-2-7(4-12)10(8)9/h1-3,9,12H,4-6,11H2/t9-/m0/s1. The van der Waals surface area contributed by atoms with Crippen LogP contribution >= 0.6 is 0 Å². The molecule has 0 spiro atoms. The summed E-state index contributed by atoms with van der Waals surface area (Å²) in [5.41, 5.74) is 8.98. The van der Waals surface area contributed by atoms with Gasteiger partial charge in [0, 0.05) is 0 Å². The Hall–Kier alpha value is -0.900. The van der Waals surface area contributed by atoms with Crippen molar-refractivity contribution < 1.29 is 9.84 Å². The van der Waals surface area contributed by atoms with E-state index >= 15 is 0 Å². The predicted molar refractivity (Wildman–Crippen MR) is 48.9 cm³/mol. The highest BCUT2D eigenvalue weighted by molar-refractivity contribution is 5.38. The largest absolute Gasteiger partial charge is 0.392 e. The van der Waals surface area contributed by atoms with Crippen LogP contribution in [0.2, 0.25) is 0 Å². The second kappa shape index (κ2) is 3.46. The number of rotatable bonds is 1. The normalized spacial score (nSPS) is 21.2. The Balaban J connectivity index is 2.50. The Morgan fingerprint density at radius 1 is 1.54 bits per heavy atom. The fourth-order valence-corrected chi connectivity index (χ4v) is 1.79. The van der Waals surface area contributed by atoms with Gasteiger partial charge in [-0.1, -0.05) is 18.2 Å². The zero-order valence-electron chi connectivity index (χ0n) is 7.36. The highest BCUT2D eigenvalue weighted by Crippen LogP contribution is 2.26. The van der Waals surface area contributed by atoms with Crippen LogP contribution in [0.3, 0.4) is 0 Å². The van der Waals surface area contributed by atoms with E-state index in [0.29, 0.717) is 13.2 Å². The van der Waals surface area contributed by atoms with Gasteiger partial charge < -0.3 is 15.6 Å². The number of benzene rings is 1. The first-order valence-corrected chi connectivity index (χ1v) is 4.37. The van der Waals surface area contributed by atoms with E-state index < -0.39 is 0 Å². The third kappa shape index (κ3) is 1.46.